The molecule has 0 N–H and O–H groups in total. The number of para-hydroxylation sites is 1. The topological polar surface area (TPSA) is 52.6 Å². The number of hydrogen-bond acceptors (Lipinski definition) is 4. The van der Waals surface area contributed by atoms with Gasteiger partial charge in [-0.2, -0.15) is 0 Å². The molecule has 5 heteroatoms. The van der Waals surface area contributed by atoms with Crippen LogP contribution in [-0.2, 0) is 20.7 Å². The molecule has 0 radical (unpaired) electrons. The SMILES string of the molecule is CCC(Cl)OC(=O)Cc1ccccc1OC(=O)C1CCCCC1. The number of rotatable bonds is 6. The zero-order valence-electron chi connectivity index (χ0n) is 13.4. The first-order valence-electron chi connectivity index (χ1n) is 8.23. The summed E-state index contributed by atoms with van der Waals surface area (Å²) in [5.41, 5.74) is 0.0149. The van der Waals surface area contributed by atoms with E-state index in [1.54, 1.807) is 24.3 Å². The van der Waals surface area contributed by atoms with Gasteiger partial charge in [0.05, 0.1) is 12.3 Å². The van der Waals surface area contributed by atoms with E-state index >= 15 is 0 Å². The summed E-state index contributed by atoms with van der Waals surface area (Å²) in [6.07, 6.45) is 5.68. The van der Waals surface area contributed by atoms with E-state index in [-0.39, 0.29) is 18.3 Å². The predicted octanol–water partition coefficient (Wildman–Crippen LogP) is 4.23. The fourth-order valence-electron chi connectivity index (χ4n) is 2.70. The average Bonchev–Trinajstić information content (AvgIpc) is 2.57. The van der Waals surface area contributed by atoms with Crippen LogP contribution in [0.15, 0.2) is 24.3 Å². The quantitative estimate of drug-likeness (QED) is 0.442. The van der Waals surface area contributed by atoms with Crippen LogP contribution >= 0.6 is 11.6 Å². The summed E-state index contributed by atoms with van der Waals surface area (Å²) >= 11 is 5.82. The molecular weight excluding hydrogens is 316 g/mol. The largest absolute Gasteiger partial charge is 0.446 e. The molecule has 0 amide bonds. The molecular formula is C18H23ClO4. The lowest BCUT2D eigenvalue weighted by Gasteiger charge is -2.20. The molecule has 1 saturated carbocycles. The van der Waals surface area contributed by atoms with Crippen LogP contribution in [-0.4, -0.2) is 17.5 Å². The highest BCUT2D eigenvalue weighted by Gasteiger charge is 2.24. The van der Waals surface area contributed by atoms with Crippen LogP contribution in [0.2, 0.25) is 0 Å². The Balaban J connectivity index is 1.99. The van der Waals surface area contributed by atoms with Crippen molar-refractivity contribution < 1.29 is 19.1 Å². The van der Waals surface area contributed by atoms with Crippen molar-refractivity contribution in [2.75, 3.05) is 0 Å². The van der Waals surface area contributed by atoms with Crippen LogP contribution in [0.25, 0.3) is 0 Å². The Labute approximate surface area is 142 Å². The Morgan fingerprint density at radius 2 is 1.91 bits per heavy atom. The highest BCUT2D eigenvalue weighted by Crippen LogP contribution is 2.27. The molecule has 0 heterocycles. The molecule has 0 aromatic heterocycles. The fourth-order valence-corrected chi connectivity index (χ4v) is 2.80. The van der Waals surface area contributed by atoms with Gasteiger partial charge in [-0.1, -0.05) is 56.0 Å². The van der Waals surface area contributed by atoms with Gasteiger partial charge in [0, 0.05) is 5.56 Å². The molecule has 1 aliphatic rings. The van der Waals surface area contributed by atoms with Crippen LogP contribution in [0.5, 0.6) is 5.75 Å². The first kappa shape index (κ1) is 17.8. The molecule has 1 aromatic rings. The van der Waals surface area contributed by atoms with Gasteiger partial charge in [-0.3, -0.25) is 9.59 Å². The number of alkyl halides is 1. The van der Waals surface area contributed by atoms with E-state index in [1.165, 1.54) is 6.42 Å². The second-order valence-electron chi connectivity index (χ2n) is 5.85. The molecule has 126 valence electrons. The summed E-state index contributed by atoms with van der Waals surface area (Å²) in [5.74, 6) is -0.221. The molecule has 2 rings (SSSR count). The Hall–Kier alpha value is -1.55. The van der Waals surface area contributed by atoms with Crippen molar-refractivity contribution in [2.45, 2.75) is 57.4 Å². The number of carbonyl (C=O) groups is 2. The summed E-state index contributed by atoms with van der Waals surface area (Å²) in [6.45, 7) is 1.84. The maximum atomic E-state index is 12.3. The fraction of sp³-hybridized carbons (Fsp3) is 0.556. The monoisotopic (exact) mass is 338 g/mol. The van der Waals surface area contributed by atoms with Crippen molar-refractivity contribution in [3.05, 3.63) is 29.8 Å². The van der Waals surface area contributed by atoms with E-state index in [4.69, 9.17) is 21.1 Å². The molecule has 1 aromatic carbocycles. The Morgan fingerprint density at radius 1 is 1.22 bits per heavy atom. The zero-order valence-corrected chi connectivity index (χ0v) is 14.2. The van der Waals surface area contributed by atoms with Gasteiger partial charge in [0.25, 0.3) is 0 Å². The molecule has 23 heavy (non-hydrogen) atoms. The van der Waals surface area contributed by atoms with E-state index in [2.05, 4.69) is 0 Å². The van der Waals surface area contributed by atoms with Gasteiger partial charge in [-0.15, -0.1) is 0 Å². The number of ether oxygens (including phenoxy) is 2. The number of carbonyl (C=O) groups excluding carboxylic acids is 2. The molecule has 1 fully saturated rings. The summed E-state index contributed by atoms with van der Waals surface area (Å²) in [7, 11) is 0. The minimum atomic E-state index is -0.626. The smallest absolute Gasteiger partial charge is 0.314 e. The van der Waals surface area contributed by atoms with E-state index < -0.39 is 11.5 Å². The normalized spacial score (nSPS) is 16.6. The lowest BCUT2D eigenvalue weighted by atomic mass is 9.89. The third-order valence-corrected chi connectivity index (χ3v) is 4.43. The second-order valence-corrected chi connectivity index (χ2v) is 6.34. The number of halogens is 1. The van der Waals surface area contributed by atoms with E-state index in [0.29, 0.717) is 17.7 Å². The molecule has 1 aliphatic carbocycles. The zero-order chi connectivity index (χ0) is 16.7. The first-order chi connectivity index (χ1) is 11.1. The maximum Gasteiger partial charge on any atom is 0.314 e. The third-order valence-electron chi connectivity index (χ3n) is 4.04. The average molecular weight is 339 g/mol. The summed E-state index contributed by atoms with van der Waals surface area (Å²) in [5, 5.41) is 0. The number of esters is 2. The number of hydrogen-bond donors (Lipinski definition) is 0. The second kappa shape index (κ2) is 8.92. The molecule has 4 nitrogen and oxygen atoms in total. The van der Waals surface area contributed by atoms with Gasteiger partial charge in [-0.05, 0) is 25.3 Å². The molecule has 0 saturated heterocycles. The van der Waals surface area contributed by atoms with Crippen molar-refractivity contribution in [3.63, 3.8) is 0 Å². The van der Waals surface area contributed by atoms with Gasteiger partial charge in [-0.25, -0.2) is 0 Å². The molecule has 1 atom stereocenters. The molecule has 0 aliphatic heterocycles. The Bertz CT molecular complexity index is 538. The molecule has 0 spiro atoms. The highest BCUT2D eigenvalue weighted by atomic mass is 35.5. The van der Waals surface area contributed by atoms with Crippen molar-refractivity contribution in [2.24, 2.45) is 5.92 Å². The minimum Gasteiger partial charge on any atom is -0.446 e. The lowest BCUT2D eigenvalue weighted by Crippen LogP contribution is -2.23. The van der Waals surface area contributed by atoms with E-state index in [0.717, 1.165) is 25.7 Å². The first-order valence-corrected chi connectivity index (χ1v) is 8.67. The van der Waals surface area contributed by atoms with Gasteiger partial charge >= 0.3 is 11.9 Å². The lowest BCUT2D eigenvalue weighted by molar-refractivity contribution is -0.145. The standard InChI is InChI=1S/C18H23ClO4/c1-2-16(19)23-17(20)12-14-10-6-7-11-15(14)22-18(21)13-8-4-3-5-9-13/h6-7,10-11,13,16H,2-5,8-9,12H2,1H3. The van der Waals surface area contributed by atoms with Crippen molar-refractivity contribution >= 4 is 23.5 Å². The molecule has 0 bridgehead atoms. The van der Waals surface area contributed by atoms with Gasteiger partial charge < -0.3 is 9.47 Å². The summed E-state index contributed by atoms with van der Waals surface area (Å²) in [4.78, 5) is 24.1. The summed E-state index contributed by atoms with van der Waals surface area (Å²) in [6, 6.07) is 7.06. The van der Waals surface area contributed by atoms with Crippen molar-refractivity contribution in [3.8, 4) is 5.75 Å². The van der Waals surface area contributed by atoms with Crippen molar-refractivity contribution in [1.29, 1.82) is 0 Å². The molecule has 1 unspecified atom stereocenters. The Kier molecular flexibility index (Phi) is 6.90. The van der Waals surface area contributed by atoms with Crippen LogP contribution in [0.4, 0.5) is 0 Å². The number of benzene rings is 1. The summed E-state index contributed by atoms with van der Waals surface area (Å²) < 4.78 is 10.6. The maximum absolute atomic E-state index is 12.3. The van der Waals surface area contributed by atoms with Gasteiger partial charge in [0.2, 0.25) is 0 Å². The van der Waals surface area contributed by atoms with Crippen LogP contribution in [0.1, 0.15) is 51.0 Å². The predicted molar refractivity (Wildman–Crippen MR) is 88.4 cm³/mol. The van der Waals surface area contributed by atoms with Crippen molar-refractivity contribution in [1.82, 2.24) is 0 Å². The van der Waals surface area contributed by atoms with Crippen LogP contribution in [0, 0.1) is 5.92 Å². The van der Waals surface area contributed by atoms with E-state index in [9.17, 15) is 9.59 Å². The van der Waals surface area contributed by atoms with Crippen LogP contribution < -0.4 is 4.74 Å². The van der Waals surface area contributed by atoms with Gasteiger partial charge in [0.1, 0.15) is 5.75 Å². The van der Waals surface area contributed by atoms with Gasteiger partial charge in [0.15, 0.2) is 5.56 Å². The Morgan fingerprint density at radius 3 is 2.61 bits per heavy atom. The highest BCUT2D eigenvalue weighted by molar-refractivity contribution is 6.20. The van der Waals surface area contributed by atoms with E-state index in [1.807, 2.05) is 6.92 Å². The van der Waals surface area contributed by atoms with Crippen LogP contribution in [0.3, 0.4) is 0 Å². The minimum absolute atomic E-state index is 0.0314. The third kappa shape index (κ3) is 5.54.